The van der Waals surface area contributed by atoms with E-state index in [9.17, 15) is 4.79 Å². The van der Waals surface area contributed by atoms with E-state index in [0.717, 1.165) is 43.8 Å². The Labute approximate surface area is 155 Å². The summed E-state index contributed by atoms with van der Waals surface area (Å²) in [6, 6.07) is 9.19. The highest BCUT2D eigenvalue weighted by molar-refractivity contribution is 5.93. The van der Waals surface area contributed by atoms with Gasteiger partial charge in [-0.2, -0.15) is 0 Å². The lowest BCUT2D eigenvalue weighted by Gasteiger charge is -2.19. The lowest BCUT2D eigenvalue weighted by Crippen LogP contribution is -2.33. The molecule has 1 amide bonds. The van der Waals surface area contributed by atoms with Gasteiger partial charge < -0.3 is 19.5 Å². The van der Waals surface area contributed by atoms with Crippen LogP contribution in [0.4, 0.5) is 0 Å². The molecule has 0 saturated heterocycles. The SMILES string of the molecule is CCN(CC)CCC[C@@H](C)NC(=O)c1cc(-c2ccc(OC)cc2)on1. The maximum absolute atomic E-state index is 12.3. The van der Waals surface area contributed by atoms with E-state index in [1.807, 2.05) is 31.2 Å². The van der Waals surface area contributed by atoms with Gasteiger partial charge in [-0.15, -0.1) is 0 Å². The van der Waals surface area contributed by atoms with Crippen molar-refractivity contribution in [1.29, 1.82) is 0 Å². The highest BCUT2D eigenvalue weighted by Crippen LogP contribution is 2.23. The third-order valence-electron chi connectivity index (χ3n) is 4.50. The van der Waals surface area contributed by atoms with E-state index < -0.39 is 0 Å². The second-order valence-corrected chi connectivity index (χ2v) is 6.35. The van der Waals surface area contributed by atoms with E-state index >= 15 is 0 Å². The van der Waals surface area contributed by atoms with Crippen LogP contribution < -0.4 is 10.1 Å². The first kappa shape index (κ1) is 20.0. The Morgan fingerprint density at radius 2 is 1.96 bits per heavy atom. The first-order valence-corrected chi connectivity index (χ1v) is 9.21. The van der Waals surface area contributed by atoms with Gasteiger partial charge in [0.2, 0.25) is 0 Å². The quantitative estimate of drug-likeness (QED) is 0.702. The Balaban J connectivity index is 1.86. The van der Waals surface area contributed by atoms with Crippen LogP contribution in [0.1, 0.15) is 44.1 Å². The van der Waals surface area contributed by atoms with E-state index in [1.54, 1.807) is 13.2 Å². The normalized spacial score (nSPS) is 12.2. The van der Waals surface area contributed by atoms with Gasteiger partial charge in [-0.25, -0.2) is 0 Å². The molecule has 1 aromatic heterocycles. The Morgan fingerprint density at radius 1 is 1.27 bits per heavy atom. The molecule has 0 spiro atoms. The molecule has 1 aromatic carbocycles. The van der Waals surface area contributed by atoms with Crippen molar-refractivity contribution in [3.63, 3.8) is 0 Å². The lowest BCUT2D eigenvalue weighted by atomic mass is 10.1. The monoisotopic (exact) mass is 359 g/mol. The van der Waals surface area contributed by atoms with Gasteiger partial charge in [0.15, 0.2) is 11.5 Å². The van der Waals surface area contributed by atoms with E-state index in [2.05, 4.69) is 29.2 Å². The minimum Gasteiger partial charge on any atom is -0.497 e. The van der Waals surface area contributed by atoms with E-state index in [4.69, 9.17) is 9.26 Å². The fourth-order valence-electron chi connectivity index (χ4n) is 2.80. The van der Waals surface area contributed by atoms with Crippen molar-refractivity contribution < 1.29 is 14.1 Å². The summed E-state index contributed by atoms with van der Waals surface area (Å²) in [5.41, 5.74) is 1.15. The molecule has 0 saturated carbocycles. The number of hydrogen-bond donors (Lipinski definition) is 1. The van der Waals surface area contributed by atoms with Crippen LogP contribution in [0.3, 0.4) is 0 Å². The topological polar surface area (TPSA) is 67.6 Å². The predicted octanol–water partition coefficient (Wildman–Crippen LogP) is 3.59. The molecule has 0 aliphatic rings. The second-order valence-electron chi connectivity index (χ2n) is 6.35. The molecule has 0 aliphatic carbocycles. The number of methoxy groups -OCH3 is 1. The molecule has 0 radical (unpaired) electrons. The lowest BCUT2D eigenvalue weighted by molar-refractivity contribution is 0.0928. The van der Waals surface area contributed by atoms with Crippen LogP contribution >= 0.6 is 0 Å². The first-order chi connectivity index (χ1) is 12.6. The molecule has 0 aliphatic heterocycles. The maximum Gasteiger partial charge on any atom is 0.273 e. The standard InChI is InChI=1S/C20H29N3O3/c1-5-23(6-2)13-7-8-15(3)21-20(24)18-14-19(26-22-18)16-9-11-17(25-4)12-10-16/h9-12,14-15H,5-8,13H2,1-4H3,(H,21,24)/t15-/m1/s1. The molecule has 2 aromatic rings. The van der Waals surface area contributed by atoms with Gasteiger partial charge in [0.05, 0.1) is 7.11 Å². The predicted molar refractivity (Wildman–Crippen MR) is 102 cm³/mol. The molecule has 2 rings (SSSR count). The summed E-state index contributed by atoms with van der Waals surface area (Å²) in [6.07, 6.45) is 1.99. The van der Waals surface area contributed by atoms with Crippen LogP contribution in [-0.4, -0.2) is 48.7 Å². The average molecular weight is 359 g/mol. The van der Waals surface area contributed by atoms with Crippen LogP contribution in [-0.2, 0) is 0 Å². The fraction of sp³-hybridized carbons (Fsp3) is 0.500. The second kappa shape index (κ2) is 9.97. The van der Waals surface area contributed by atoms with E-state index in [-0.39, 0.29) is 11.9 Å². The van der Waals surface area contributed by atoms with Crippen LogP contribution in [0.25, 0.3) is 11.3 Å². The van der Waals surface area contributed by atoms with Gasteiger partial charge in [-0.1, -0.05) is 19.0 Å². The van der Waals surface area contributed by atoms with Crippen molar-refractivity contribution in [1.82, 2.24) is 15.4 Å². The minimum absolute atomic E-state index is 0.0965. The highest BCUT2D eigenvalue weighted by atomic mass is 16.5. The summed E-state index contributed by atoms with van der Waals surface area (Å²) in [6.45, 7) is 9.53. The zero-order chi connectivity index (χ0) is 18.9. The van der Waals surface area contributed by atoms with Gasteiger partial charge >= 0.3 is 0 Å². The van der Waals surface area contributed by atoms with Gasteiger partial charge in [-0.3, -0.25) is 4.79 Å². The number of rotatable bonds is 10. The Morgan fingerprint density at radius 3 is 2.58 bits per heavy atom. The van der Waals surface area contributed by atoms with Crippen LogP contribution in [0.5, 0.6) is 5.75 Å². The van der Waals surface area contributed by atoms with Gasteiger partial charge in [0.1, 0.15) is 5.75 Å². The van der Waals surface area contributed by atoms with Crippen molar-refractivity contribution in [2.24, 2.45) is 0 Å². The number of carbonyl (C=O) groups excluding carboxylic acids is 1. The molecule has 1 atom stereocenters. The van der Waals surface area contributed by atoms with Crippen molar-refractivity contribution in [2.75, 3.05) is 26.7 Å². The fourth-order valence-corrected chi connectivity index (χ4v) is 2.80. The third kappa shape index (κ3) is 5.59. The minimum atomic E-state index is -0.205. The Kier molecular flexibility index (Phi) is 7.66. The third-order valence-corrected chi connectivity index (χ3v) is 4.50. The maximum atomic E-state index is 12.3. The highest BCUT2D eigenvalue weighted by Gasteiger charge is 2.16. The summed E-state index contributed by atoms with van der Waals surface area (Å²) >= 11 is 0. The molecule has 0 bridgehead atoms. The smallest absolute Gasteiger partial charge is 0.273 e. The zero-order valence-electron chi connectivity index (χ0n) is 16.1. The molecule has 6 heteroatoms. The van der Waals surface area contributed by atoms with Crippen LogP contribution in [0, 0.1) is 0 Å². The number of hydrogen-bond acceptors (Lipinski definition) is 5. The van der Waals surface area contributed by atoms with Crippen molar-refractivity contribution in [3.8, 4) is 17.1 Å². The molecule has 0 unspecified atom stereocenters. The van der Waals surface area contributed by atoms with Crippen LogP contribution in [0.15, 0.2) is 34.9 Å². The number of aromatic nitrogens is 1. The van der Waals surface area contributed by atoms with Gasteiger partial charge in [0, 0.05) is 17.7 Å². The Hall–Kier alpha value is -2.34. The van der Waals surface area contributed by atoms with Crippen molar-refractivity contribution in [3.05, 3.63) is 36.0 Å². The van der Waals surface area contributed by atoms with E-state index in [1.165, 1.54) is 0 Å². The van der Waals surface area contributed by atoms with Crippen molar-refractivity contribution in [2.45, 2.75) is 39.7 Å². The summed E-state index contributed by atoms with van der Waals surface area (Å²) in [5, 5.41) is 6.89. The average Bonchev–Trinajstić information content (AvgIpc) is 3.15. The summed E-state index contributed by atoms with van der Waals surface area (Å²) in [5.74, 6) is 1.13. The number of ether oxygens (including phenoxy) is 1. The molecule has 1 N–H and O–H groups in total. The van der Waals surface area contributed by atoms with Gasteiger partial charge in [-0.05, 0) is 63.7 Å². The Bertz CT molecular complexity index is 678. The molecule has 1 heterocycles. The first-order valence-electron chi connectivity index (χ1n) is 9.21. The molecule has 26 heavy (non-hydrogen) atoms. The number of nitrogens with one attached hydrogen (secondary N) is 1. The molecule has 142 valence electrons. The number of amides is 1. The zero-order valence-corrected chi connectivity index (χ0v) is 16.1. The molecular formula is C20H29N3O3. The number of carbonyl (C=O) groups is 1. The number of nitrogens with zero attached hydrogens (tertiary/aromatic N) is 2. The molecule has 0 fully saturated rings. The largest absolute Gasteiger partial charge is 0.497 e. The molecule has 6 nitrogen and oxygen atoms in total. The van der Waals surface area contributed by atoms with Crippen LogP contribution in [0.2, 0.25) is 0 Å². The number of benzene rings is 1. The summed E-state index contributed by atoms with van der Waals surface area (Å²) in [4.78, 5) is 14.7. The van der Waals surface area contributed by atoms with E-state index in [0.29, 0.717) is 11.5 Å². The van der Waals surface area contributed by atoms with Crippen molar-refractivity contribution >= 4 is 5.91 Å². The summed E-state index contributed by atoms with van der Waals surface area (Å²) in [7, 11) is 1.62. The van der Waals surface area contributed by atoms with Gasteiger partial charge in [0.25, 0.3) is 5.91 Å². The molecular weight excluding hydrogens is 330 g/mol. The summed E-state index contributed by atoms with van der Waals surface area (Å²) < 4.78 is 10.5.